The van der Waals surface area contributed by atoms with Gasteiger partial charge in [0.1, 0.15) is 0 Å². The Hall–Kier alpha value is -2.46. The highest BCUT2D eigenvalue weighted by atomic mass is 15.0. The number of anilines is 1. The van der Waals surface area contributed by atoms with Crippen LogP contribution >= 0.6 is 0 Å². The van der Waals surface area contributed by atoms with Crippen molar-refractivity contribution in [3.05, 3.63) is 58.6 Å². The number of hydrogen-bond acceptors (Lipinski definition) is 4. The number of nitrogens with one attached hydrogen (secondary N) is 3. The van der Waals surface area contributed by atoms with Crippen molar-refractivity contribution >= 4 is 23.5 Å². The molecule has 1 fully saturated rings. The van der Waals surface area contributed by atoms with Gasteiger partial charge in [-0.2, -0.15) is 0 Å². The smallest absolute Gasteiger partial charge is 0.0442 e. The summed E-state index contributed by atoms with van der Waals surface area (Å²) in [5, 5.41) is 12.7. The van der Waals surface area contributed by atoms with E-state index < -0.39 is 0 Å². The molecule has 26 heavy (non-hydrogen) atoms. The van der Waals surface area contributed by atoms with Gasteiger partial charge < -0.3 is 21.7 Å². The standard InChI is InChI=1S/C22H30N4/c1-4-5-17-12-19(18-10-15(2)25-16(3)11-18)13-22(21(17)14-23)26-20-6-8-24-9-7-20/h4-5,10-15,20,24-26H,1,6-9,23H2,2-3H3/b17-5-,21-14+. The van der Waals surface area contributed by atoms with Gasteiger partial charge in [0.2, 0.25) is 0 Å². The molecule has 1 unspecified atom stereocenters. The van der Waals surface area contributed by atoms with E-state index >= 15 is 0 Å². The minimum absolute atomic E-state index is 0.323. The van der Waals surface area contributed by atoms with Crippen LogP contribution in [0.15, 0.2) is 42.6 Å². The van der Waals surface area contributed by atoms with E-state index in [-0.39, 0.29) is 0 Å². The molecular weight excluding hydrogens is 320 g/mol. The SMILES string of the molecule is C=C/C=c1/cc(C2=CC(C)NC(C)=C2)cc(NC2CCNCC2)/c1=C/N. The Morgan fingerprint density at radius 3 is 2.69 bits per heavy atom. The van der Waals surface area contributed by atoms with Crippen molar-refractivity contribution in [1.82, 2.24) is 10.6 Å². The number of rotatable bonds is 4. The van der Waals surface area contributed by atoms with Crippen LogP contribution in [0.5, 0.6) is 0 Å². The first-order valence-electron chi connectivity index (χ1n) is 9.43. The highest BCUT2D eigenvalue weighted by Gasteiger charge is 2.15. The molecule has 2 aliphatic rings. The predicted octanol–water partition coefficient (Wildman–Crippen LogP) is 1.79. The van der Waals surface area contributed by atoms with E-state index in [1.165, 1.54) is 16.8 Å². The summed E-state index contributed by atoms with van der Waals surface area (Å²) in [6, 6.07) is 5.22. The van der Waals surface area contributed by atoms with Gasteiger partial charge in [-0.15, -0.1) is 0 Å². The highest BCUT2D eigenvalue weighted by Crippen LogP contribution is 2.22. The van der Waals surface area contributed by atoms with E-state index in [0.717, 1.165) is 42.1 Å². The maximum Gasteiger partial charge on any atom is 0.0442 e. The Balaban J connectivity index is 2.09. The van der Waals surface area contributed by atoms with Crippen molar-refractivity contribution in [3.8, 4) is 0 Å². The van der Waals surface area contributed by atoms with Crippen LogP contribution in [-0.4, -0.2) is 25.2 Å². The number of hydrogen-bond donors (Lipinski definition) is 4. The van der Waals surface area contributed by atoms with Gasteiger partial charge in [0.15, 0.2) is 0 Å². The van der Waals surface area contributed by atoms with Crippen molar-refractivity contribution in [2.24, 2.45) is 5.73 Å². The van der Waals surface area contributed by atoms with Crippen LogP contribution in [0.25, 0.3) is 17.8 Å². The molecule has 1 atom stereocenters. The van der Waals surface area contributed by atoms with Crippen LogP contribution in [0.1, 0.15) is 32.3 Å². The van der Waals surface area contributed by atoms with Crippen LogP contribution in [0.4, 0.5) is 5.69 Å². The summed E-state index contributed by atoms with van der Waals surface area (Å²) in [6.07, 6.45) is 12.3. The molecule has 1 aromatic rings. The Bertz CT molecular complexity index is 842. The number of piperidine rings is 1. The third kappa shape index (κ3) is 4.20. The molecule has 0 amide bonds. The second-order valence-corrected chi connectivity index (χ2v) is 7.15. The highest BCUT2D eigenvalue weighted by molar-refractivity contribution is 5.78. The lowest BCUT2D eigenvalue weighted by Crippen LogP contribution is -2.38. The lowest BCUT2D eigenvalue weighted by molar-refractivity contribution is 0.479. The van der Waals surface area contributed by atoms with Gasteiger partial charge in [-0.3, -0.25) is 0 Å². The van der Waals surface area contributed by atoms with Gasteiger partial charge in [0.25, 0.3) is 0 Å². The number of dihydropyridines is 1. The predicted molar refractivity (Wildman–Crippen MR) is 113 cm³/mol. The summed E-state index contributed by atoms with van der Waals surface area (Å²) in [4.78, 5) is 0. The zero-order valence-electron chi connectivity index (χ0n) is 15.8. The van der Waals surface area contributed by atoms with Crippen molar-refractivity contribution in [3.63, 3.8) is 0 Å². The van der Waals surface area contributed by atoms with Gasteiger partial charge in [-0.1, -0.05) is 24.8 Å². The minimum Gasteiger partial charge on any atom is -0.404 e. The summed E-state index contributed by atoms with van der Waals surface area (Å²) < 4.78 is 0. The van der Waals surface area contributed by atoms with Crippen molar-refractivity contribution in [2.45, 2.75) is 38.8 Å². The van der Waals surface area contributed by atoms with E-state index in [0.29, 0.717) is 12.1 Å². The summed E-state index contributed by atoms with van der Waals surface area (Å²) in [7, 11) is 0. The first kappa shape index (κ1) is 18.3. The van der Waals surface area contributed by atoms with Crippen molar-refractivity contribution in [1.29, 1.82) is 0 Å². The number of nitrogens with two attached hydrogens (primary N) is 1. The third-order valence-electron chi connectivity index (χ3n) is 4.97. The van der Waals surface area contributed by atoms with Gasteiger partial charge in [0, 0.05) is 34.9 Å². The Kier molecular flexibility index (Phi) is 5.84. The van der Waals surface area contributed by atoms with Gasteiger partial charge in [-0.25, -0.2) is 0 Å². The average molecular weight is 351 g/mol. The molecule has 2 heterocycles. The topological polar surface area (TPSA) is 62.1 Å². The van der Waals surface area contributed by atoms with E-state index in [4.69, 9.17) is 5.73 Å². The maximum absolute atomic E-state index is 5.99. The molecule has 1 aromatic carbocycles. The molecule has 0 radical (unpaired) electrons. The molecule has 0 spiro atoms. The zero-order chi connectivity index (χ0) is 18.5. The second kappa shape index (κ2) is 8.28. The van der Waals surface area contributed by atoms with Crippen molar-refractivity contribution < 1.29 is 0 Å². The summed E-state index contributed by atoms with van der Waals surface area (Å²) >= 11 is 0. The van der Waals surface area contributed by atoms with Gasteiger partial charge in [0.05, 0.1) is 0 Å². The van der Waals surface area contributed by atoms with Crippen LogP contribution < -0.4 is 32.1 Å². The summed E-state index contributed by atoms with van der Waals surface area (Å²) in [5.74, 6) is 0. The molecule has 5 N–H and O–H groups in total. The van der Waals surface area contributed by atoms with Gasteiger partial charge >= 0.3 is 0 Å². The molecule has 0 saturated carbocycles. The monoisotopic (exact) mass is 350 g/mol. The van der Waals surface area contributed by atoms with Crippen molar-refractivity contribution in [2.75, 3.05) is 18.4 Å². The summed E-state index contributed by atoms with van der Waals surface area (Å²) in [6.45, 7) is 10.3. The zero-order valence-corrected chi connectivity index (χ0v) is 15.8. The number of allylic oxidation sites excluding steroid dienone is 4. The first-order chi connectivity index (χ1) is 12.6. The van der Waals surface area contributed by atoms with Crippen LogP contribution in [-0.2, 0) is 0 Å². The maximum atomic E-state index is 5.99. The molecule has 0 bridgehead atoms. The van der Waals surface area contributed by atoms with E-state index in [1.807, 2.05) is 12.2 Å². The quantitative estimate of drug-likeness (QED) is 0.669. The molecule has 4 nitrogen and oxygen atoms in total. The fourth-order valence-electron chi connectivity index (χ4n) is 3.77. The second-order valence-electron chi connectivity index (χ2n) is 7.15. The lowest BCUT2D eigenvalue weighted by Gasteiger charge is -2.26. The molecule has 0 aliphatic carbocycles. The fourth-order valence-corrected chi connectivity index (χ4v) is 3.77. The van der Waals surface area contributed by atoms with Crippen LogP contribution in [0, 0.1) is 0 Å². The molecule has 2 aliphatic heterocycles. The van der Waals surface area contributed by atoms with E-state index in [9.17, 15) is 0 Å². The normalized spacial score (nSPS) is 22.5. The molecule has 4 heteroatoms. The third-order valence-corrected chi connectivity index (χ3v) is 4.97. The van der Waals surface area contributed by atoms with Gasteiger partial charge in [-0.05, 0) is 74.3 Å². The average Bonchev–Trinajstić information content (AvgIpc) is 2.62. The molecule has 3 rings (SSSR count). The number of benzene rings is 1. The Morgan fingerprint density at radius 2 is 2.04 bits per heavy atom. The van der Waals surface area contributed by atoms with E-state index in [1.54, 1.807) is 6.20 Å². The van der Waals surface area contributed by atoms with E-state index in [2.05, 4.69) is 60.7 Å². The molecular formula is C22H30N4. The van der Waals surface area contributed by atoms with Crippen LogP contribution in [0.3, 0.4) is 0 Å². The van der Waals surface area contributed by atoms with Crippen LogP contribution in [0.2, 0.25) is 0 Å². The first-order valence-corrected chi connectivity index (χ1v) is 9.43. The largest absolute Gasteiger partial charge is 0.404 e. The fraction of sp³-hybridized carbons (Fsp3) is 0.364. The molecule has 0 aromatic heterocycles. The Morgan fingerprint density at radius 1 is 1.27 bits per heavy atom. The molecule has 1 saturated heterocycles. The molecule has 138 valence electrons. The summed E-state index contributed by atoms with van der Waals surface area (Å²) in [5.41, 5.74) is 10.7. The lowest BCUT2D eigenvalue weighted by atomic mass is 9.97. The minimum atomic E-state index is 0.323. The Labute approximate surface area is 156 Å².